The average Bonchev–Trinajstić information content (AvgIpc) is 2.81. The minimum atomic E-state index is -0.931. The number of ketones is 1. The van der Waals surface area contributed by atoms with Crippen LogP contribution >= 0.6 is 11.6 Å². The number of benzene rings is 3. The molecule has 5 heteroatoms. The molecule has 1 unspecified atom stereocenters. The molecule has 0 aliphatic carbocycles. The molecule has 0 N–H and O–H groups in total. The molecule has 0 saturated heterocycles. The van der Waals surface area contributed by atoms with Crippen LogP contribution in [0.2, 0.25) is 5.02 Å². The van der Waals surface area contributed by atoms with Gasteiger partial charge in [0, 0.05) is 21.5 Å². The molecular formula is C28H24ClNO3. The second kappa shape index (κ2) is 9.16. The number of hydrogen-bond acceptors (Lipinski definition) is 4. The van der Waals surface area contributed by atoms with Crippen LogP contribution in [0.15, 0.2) is 66.7 Å². The van der Waals surface area contributed by atoms with E-state index in [1.165, 1.54) is 0 Å². The van der Waals surface area contributed by atoms with E-state index in [1.54, 1.807) is 37.3 Å². The normalized spacial score (nSPS) is 11.9. The van der Waals surface area contributed by atoms with Crippen molar-refractivity contribution in [2.45, 2.75) is 33.8 Å². The summed E-state index contributed by atoms with van der Waals surface area (Å²) in [6.45, 7) is 7.42. The maximum atomic E-state index is 13.3. The summed E-state index contributed by atoms with van der Waals surface area (Å²) in [5, 5.41) is 1.20. The Morgan fingerprint density at radius 3 is 2.12 bits per heavy atom. The fourth-order valence-electron chi connectivity index (χ4n) is 3.68. The van der Waals surface area contributed by atoms with Gasteiger partial charge in [0.2, 0.25) is 5.78 Å². The Bertz CT molecular complexity index is 1360. The van der Waals surface area contributed by atoms with Gasteiger partial charge in [0.15, 0.2) is 6.10 Å². The molecular weight excluding hydrogens is 434 g/mol. The van der Waals surface area contributed by atoms with Gasteiger partial charge in [-0.25, -0.2) is 9.78 Å². The zero-order valence-electron chi connectivity index (χ0n) is 19.0. The third kappa shape index (κ3) is 4.67. The first-order chi connectivity index (χ1) is 15.7. The fourth-order valence-corrected chi connectivity index (χ4v) is 3.83. The summed E-state index contributed by atoms with van der Waals surface area (Å²) in [5.41, 5.74) is 5.95. The molecule has 0 radical (unpaired) electrons. The third-order valence-electron chi connectivity index (χ3n) is 5.72. The standard InChI is InChI=1S/C28H24ClNO3/c1-16-5-9-20(10-6-16)25-15-23(22-13-14-24(29)18(3)26(22)30-25)28(32)33-19(4)27(31)21-11-7-17(2)8-12-21/h5-15,19H,1-4H3. The van der Waals surface area contributed by atoms with Gasteiger partial charge in [0.25, 0.3) is 0 Å². The predicted octanol–water partition coefficient (Wildman–Crippen LogP) is 6.91. The first kappa shape index (κ1) is 22.7. The third-order valence-corrected chi connectivity index (χ3v) is 6.13. The van der Waals surface area contributed by atoms with Crippen LogP contribution in [0.4, 0.5) is 0 Å². The summed E-state index contributed by atoms with van der Waals surface area (Å²) in [6, 6.07) is 20.3. The number of Topliss-reactive ketones (excluding diaryl/α,β-unsaturated/α-hetero) is 1. The number of aromatic nitrogens is 1. The molecule has 0 amide bonds. The SMILES string of the molecule is Cc1ccc(C(=O)C(C)OC(=O)c2cc(-c3ccc(C)cc3)nc3c(C)c(Cl)ccc23)cc1. The summed E-state index contributed by atoms with van der Waals surface area (Å²) >= 11 is 6.34. The first-order valence-corrected chi connectivity index (χ1v) is 11.1. The van der Waals surface area contributed by atoms with Gasteiger partial charge in [-0.05, 0) is 45.4 Å². The monoisotopic (exact) mass is 457 g/mol. The summed E-state index contributed by atoms with van der Waals surface area (Å²) in [4.78, 5) is 30.8. The largest absolute Gasteiger partial charge is 0.451 e. The minimum Gasteiger partial charge on any atom is -0.451 e. The molecule has 1 aromatic heterocycles. The van der Waals surface area contributed by atoms with Gasteiger partial charge in [0.1, 0.15) is 0 Å². The van der Waals surface area contributed by atoms with E-state index >= 15 is 0 Å². The second-order valence-corrected chi connectivity index (χ2v) is 8.67. The van der Waals surface area contributed by atoms with Crippen molar-refractivity contribution in [1.29, 1.82) is 0 Å². The van der Waals surface area contributed by atoms with Crippen molar-refractivity contribution in [3.8, 4) is 11.3 Å². The Morgan fingerprint density at radius 1 is 0.879 bits per heavy atom. The van der Waals surface area contributed by atoms with Gasteiger partial charge < -0.3 is 4.74 Å². The second-order valence-electron chi connectivity index (χ2n) is 8.27. The number of halogens is 1. The molecule has 0 aliphatic heterocycles. The lowest BCUT2D eigenvalue weighted by molar-refractivity contribution is 0.0320. The number of nitrogens with zero attached hydrogens (tertiary/aromatic N) is 1. The fraction of sp³-hybridized carbons (Fsp3) is 0.179. The highest BCUT2D eigenvalue weighted by Crippen LogP contribution is 2.31. The van der Waals surface area contributed by atoms with Crippen molar-refractivity contribution in [3.05, 3.63) is 99.6 Å². The zero-order chi connectivity index (χ0) is 23.7. The number of esters is 1. The van der Waals surface area contributed by atoms with E-state index in [0.29, 0.717) is 32.7 Å². The van der Waals surface area contributed by atoms with E-state index < -0.39 is 12.1 Å². The number of rotatable bonds is 5. The van der Waals surface area contributed by atoms with Crippen LogP contribution < -0.4 is 0 Å². The lowest BCUT2D eigenvalue weighted by Crippen LogP contribution is -2.24. The van der Waals surface area contributed by atoms with Gasteiger partial charge in [0.05, 0.1) is 16.8 Å². The van der Waals surface area contributed by atoms with E-state index in [-0.39, 0.29) is 5.78 Å². The molecule has 4 aromatic rings. The number of fused-ring (bicyclic) bond motifs is 1. The lowest BCUT2D eigenvalue weighted by Gasteiger charge is -2.15. The molecule has 0 spiro atoms. The van der Waals surface area contributed by atoms with Gasteiger partial charge in [-0.2, -0.15) is 0 Å². The molecule has 0 bridgehead atoms. The Hall–Kier alpha value is -3.50. The maximum Gasteiger partial charge on any atom is 0.339 e. The minimum absolute atomic E-state index is 0.250. The first-order valence-electron chi connectivity index (χ1n) is 10.7. The highest BCUT2D eigenvalue weighted by atomic mass is 35.5. The maximum absolute atomic E-state index is 13.3. The number of hydrogen-bond donors (Lipinski definition) is 0. The van der Waals surface area contributed by atoms with Crippen molar-refractivity contribution in [2.24, 2.45) is 0 Å². The van der Waals surface area contributed by atoms with E-state index in [1.807, 2.05) is 57.2 Å². The average molecular weight is 458 g/mol. The Morgan fingerprint density at radius 2 is 1.48 bits per heavy atom. The number of carbonyl (C=O) groups is 2. The topological polar surface area (TPSA) is 56.3 Å². The summed E-state index contributed by atoms with van der Waals surface area (Å²) < 4.78 is 5.62. The van der Waals surface area contributed by atoms with E-state index in [4.69, 9.17) is 21.3 Å². The van der Waals surface area contributed by atoms with Gasteiger partial charge in [-0.1, -0.05) is 77.3 Å². The van der Waals surface area contributed by atoms with Crippen LogP contribution in [0.3, 0.4) is 0 Å². The molecule has 1 heterocycles. The number of aryl methyl sites for hydroxylation is 3. The highest BCUT2D eigenvalue weighted by Gasteiger charge is 2.23. The van der Waals surface area contributed by atoms with Crippen molar-refractivity contribution >= 4 is 34.3 Å². The van der Waals surface area contributed by atoms with Crippen molar-refractivity contribution < 1.29 is 14.3 Å². The van der Waals surface area contributed by atoms with Crippen LogP contribution in [0.25, 0.3) is 22.2 Å². The van der Waals surface area contributed by atoms with Crippen LogP contribution in [0.1, 0.15) is 44.3 Å². The number of carbonyl (C=O) groups excluding carboxylic acids is 2. The van der Waals surface area contributed by atoms with Crippen LogP contribution in [0.5, 0.6) is 0 Å². The van der Waals surface area contributed by atoms with Crippen LogP contribution in [-0.2, 0) is 4.74 Å². The van der Waals surface area contributed by atoms with E-state index in [9.17, 15) is 9.59 Å². The van der Waals surface area contributed by atoms with Crippen molar-refractivity contribution in [1.82, 2.24) is 4.98 Å². The molecule has 4 nitrogen and oxygen atoms in total. The quantitative estimate of drug-likeness (QED) is 0.241. The summed E-state index contributed by atoms with van der Waals surface area (Å²) in [7, 11) is 0. The molecule has 0 aliphatic rings. The molecule has 0 saturated carbocycles. The van der Waals surface area contributed by atoms with Gasteiger partial charge >= 0.3 is 5.97 Å². The summed E-state index contributed by atoms with van der Waals surface area (Å²) in [5.74, 6) is -0.829. The predicted molar refractivity (Wildman–Crippen MR) is 132 cm³/mol. The Kier molecular flexibility index (Phi) is 6.30. The Labute approximate surface area is 198 Å². The van der Waals surface area contributed by atoms with Crippen LogP contribution in [-0.4, -0.2) is 22.8 Å². The molecule has 33 heavy (non-hydrogen) atoms. The molecule has 166 valence electrons. The van der Waals surface area contributed by atoms with Gasteiger partial charge in [-0.3, -0.25) is 4.79 Å². The number of ether oxygens (including phenoxy) is 1. The summed E-state index contributed by atoms with van der Waals surface area (Å²) in [6.07, 6.45) is -0.931. The molecule has 1 atom stereocenters. The van der Waals surface area contributed by atoms with Crippen molar-refractivity contribution in [3.63, 3.8) is 0 Å². The van der Waals surface area contributed by atoms with Gasteiger partial charge in [-0.15, -0.1) is 0 Å². The zero-order valence-corrected chi connectivity index (χ0v) is 19.7. The van der Waals surface area contributed by atoms with Crippen molar-refractivity contribution in [2.75, 3.05) is 0 Å². The smallest absolute Gasteiger partial charge is 0.339 e. The van der Waals surface area contributed by atoms with E-state index in [2.05, 4.69) is 0 Å². The molecule has 4 rings (SSSR count). The molecule has 3 aromatic carbocycles. The highest BCUT2D eigenvalue weighted by molar-refractivity contribution is 6.32. The van der Waals surface area contributed by atoms with Crippen LogP contribution in [0, 0.1) is 20.8 Å². The number of pyridine rings is 1. The lowest BCUT2D eigenvalue weighted by atomic mass is 10.0. The van der Waals surface area contributed by atoms with E-state index in [0.717, 1.165) is 22.3 Å². The molecule has 0 fully saturated rings. The Balaban J connectivity index is 1.74.